The Labute approximate surface area is 272 Å². The SMILES string of the molecule is Cc1nc2c3c(c(C(F)(F)F)cc2n1C)-c1cccn2c(C(=O)c4cc(F)c(NC(=O)/C=C/CNC(C)(C)C)c(F)c4)cc(c12)CCO3. The zero-order chi connectivity index (χ0) is 34.7. The van der Waals surface area contributed by atoms with E-state index in [2.05, 4.69) is 15.6 Å². The number of aryl methyl sites for hydroxylation is 2. The van der Waals surface area contributed by atoms with Crippen LogP contribution in [0.2, 0.25) is 0 Å². The van der Waals surface area contributed by atoms with Crippen LogP contribution in [0.5, 0.6) is 5.75 Å². The number of halogens is 5. The van der Waals surface area contributed by atoms with Crippen molar-refractivity contribution in [3.63, 3.8) is 0 Å². The minimum atomic E-state index is -4.76. The van der Waals surface area contributed by atoms with Crippen molar-refractivity contribution in [2.75, 3.05) is 18.5 Å². The number of pyridine rings is 1. The molecule has 2 aromatic carbocycles. The summed E-state index contributed by atoms with van der Waals surface area (Å²) in [6.45, 7) is 7.85. The summed E-state index contributed by atoms with van der Waals surface area (Å²) < 4.78 is 83.2. The van der Waals surface area contributed by atoms with Gasteiger partial charge in [-0.15, -0.1) is 0 Å². The first-order valence-electron chi connectivity index (χ1n) is 15.1. The monoisotopic (exact) mass is 665 g/mol. The summed E-state index contributed by atoms with van der Waals surface area (Å²) in [7, 11) is 1.62. The predicted molar refractivity (Wildman–Crippen MR) is 171 cm³/mol. The van der Waals surface area contributed by atoms with Crippen LogP contribution in [0.1, 0.15) is 53.8 Å². The zero-order valence-corrected chi connectivity index (χ0v) is 26.8. The van der Waals surface area contributed by atoms with Crippen molar-refractivity contribution in [2.45, 2.75) is 45.8 Å². The molecule has 0 aliphatic carbocycles. The Balaban J connectivity index is 1.41. The second-order valence-corrected chi connectivity index (χ2v) is 12.7. The van der Waals surface area contributed by atoms with Gasteiger partial charge in [-0.2, -0.15) is 13.2 Å². The van der Waals surface area contributed by atoms with Gasteiger partial charge in [0.25, 0.3) is 0 Å². The highest BCUT2D eigenvalue weighted by Gasteiger charge is 2.39. The molecule has 0 saturated heterocycles. The van der Waals surface area contributed by atoms with Crippen molar-refractivity contribution < 1.29 is 36.3 Å². The van der Waals surface area contributed by atoms with Gasteiger partial charge in [0, 0.05) is 54.5 Å². The highest BCUT2D eigenvalue weighted by molar-refractivity contribution is 6.10. The van der Waals surface area contributed by atoms with Gasteiger partial charge in [0.1, 0.15) is 28.7 Å². The maximum absolute atomic E-state index is 15.2. The lowest BCUT2D eigenvalue weighted by Gasteiger charge is -2.22. The lowest BCUT2D eigenvalue weighted by molar-refractivity contribution is -0.137. The van der Waals surface area contributed by atoms with E-state index < -0.39 is 40.8 Å². The molecule has 4 heterocycles. The van der Waals surface area contributed by atoms with Gasteiger partial charge in [-0.25, -0.2) is 13.8 Å². The summed E-state index contributed by atoms with van der Waals surface area (Å²) >= 11 is 0. The number of amides is 1. The summed E-state index contributed by atoms with van der Waals surface area (Å²) in [6.07, 6.45) is -0.375. The third-order valence-corrected chi connectivity index (χ3v) is 8.22. The van der Waals surface area contributed by atoms with Gasteiger partial charge in [-0.3, -0.25) is 9.59 Å². The fraction of sp³-hybridized carbons (Fsp3) is 0.286. The van der Waals surface area contributed by atoms with E-state index in [-0.39, 0.29) is 57.7 Å². The number of hydrogen-bond acceptors (Lipinski definition) is 5. The van der Waals surface area contributed by atoms with Gasteiger partial charge >= 0.3 is 6.18 Å². The van der Waals surface area contributed by atoms with E-state index in [9.17, 15) is 22.8 Å². The second-order valence-electron chi connectivity index (χ2n) is 12.7. The van der Waals surface area contributed by atoms with Gasteiger partial charge in [-0.1, -0.05) is 12.1 Å². The number of aromatic nitrogens is 3. The van der Waals surface area contributed by atoms with Gasteiger partial charge in [0.05, 0.1) is 28.9 Å². The summed E-state index contributed by atoms with van der Waals surface area (Å²) in [5.41, 5.74) is -0.859. The van der Waals surface area contributed by atoms with Crippen LogP contribution in [-0.2, 0) is 24.4 Å². The summed E-state index contributed by atoms with van der Waals surface area (Å²) in [5, 5.41) is 5.31. The number of carbonyl (C=O) groups excluding carboxylic acids is 2. The average Bonchev–Trinajstić information content (AvgIpc) is 3.51. The molecule has 1 amide bonds. The number of hydrogen-bond donors (Lipinski definition) is 2. The summed E-state index contributed by atoms with van der Waals surface area (Å²) in [5.74, 6) is -3.38. The molecule has 0 radical (unpaired) electrons. The van der Waals surface area contributed by atoms with Crippen molar-refractivity contribution in [2.24, 2.45) is 7.05 Å². The molecular formula is C35H32F5N5O3. The van der Waals surface area contributed by atoms with E-state index in [0.29, 0.717) is 23.4 Å². The third kappa shape index (κ3) is 5.94. The Kier molecular flexibility index (Phi) is 8.14. The van der Waals surface area contributed by atoms with E-state index in [1.807, 2.05) is 20.8 Å². The average molecular weight is 666 g/mol. The van der Waals surface area contributed by atoms with Gasteiger partial charge in [0.2, 0.25) is 11.7 Å². The van der Waals surface area contributed by atoms with Gasteiger partial charge in [-0.05, 0) is 63.6 Å². The van der Waals surface area contributed by atoms with E-state index in [1.54, 1.807) is 18.5 Å². The number of alkyl halides is 3. The number of nitrogens with one attached hydrogen (secondary N) is 2. The number of imidazole rings is 1. The van der Waals surface area contributed by atoms with Crippen LogP contribution in [0.3, 0.4) is 0 Å². The van der Waals surface area contributed by atoms with Crippen LogP contribution >= 0.6 is 0 Å². The number of ether oxygens (including phenoxy) is 1. The Bertz CT molecular complexity index is 2130. The van der Waals surface area contributed by atoms with Crippen molar-refractivity contribution in [1.82, 2.24) is 19.3 Å². The number of anilines is 1. The minimum absolute atomic E-state index is 0.0148. The molecule has 0 spiro atoms. The fourth-order valence-electron chi connectivity index (χ4n) is 5.88. The topological polar surface area (TPSA) is 89.7 Å². The number of carbonyl (C=O) groups is 2. The van der Waals surface area contributed by atoms with Crippen LogP contribution in [0.15, 0.2) is 54.7 Å². The number of rotatable bonds is 6. The number of ketones is 1. The number of benzene rings is 2. The van der Waals surface area contributed by atoms with Crippen LogP contribution in [0.25, 0.3) is 27.7 Å². The molecule has 13 heteroatoms. The largest absolute Gasteiger partial charge is 0.490 e. The van der Waals surface area contributed by atoms with Crippen LogP contribution < -0.4 is 15.4 Å². The van der Waals surface area contributed by atoms with Gasteiger partial charge in [0.15, 0.2) is 5.75 Å². The minimum Gasteiger partial charge on any atom is -0.490 e. The Morgan fingerprint density at radius 3 is 2.46 bits per heavy atom. The standard InChI is InChI=1S/C35H32F5N5O3/c1-18-42-30-25(44(18)5)17-22(35(38,39)40)28-21-8-7-12-45-26(16-19(31(21)45)10-13-48-33(28)30)32(47)20-14-23(36)29(24(37)15-20)43-27(46)9-6-11-41-34(2,3)4/h6-9,12,14-17,41H,10-11,13H2,1-5H3,(H,43,46)/b9-6+. The van der Waals surface area contributed by atoms with Crippen LogP contribution in [0, 0.1) is 18.6 Å². The molecular weight excluding hydrogens is 633 g/mol. The molecule has 2 N–H and O–H groups in total. The lowest BCUT2D eigenvalue weighted by atomic mass is 9.94. The molecule has 0 fully saturated rings. The first-order valence-corrected chi connectivity index (χ1v) is 15.1. The normalized spacial score (nSPS) is 13.5. The Morgan fingerprint density at radius 1 is 1.08 bits per heavy atom. The third-order valence-electron chi connectivity index (χ3n) is 8.22. The summed E-state index contributed by atoms with van der Waals surface area (Å²) in [4.78, 5) is 30.6. The predicted octanol–water partition coefficient (Wildman–Crippen LogP) is 7.15. The molecule has 1 aliphatic rings. The molecule has 3 aromatic heterocycles. The molecule has 0 atom stereocenters. The molecule has 0 saturated carbocycles. The number of fused-ring (bicyclic) bond motifs is 4. The molecule has 0 bridgehead atoms. The van der Waals surface area contributed by atoms with Crippen LogP contribution in [0.4, 0.5) is 27.6 Å². The molecule has 1 aliphatic heterocycles. The summed E-state index contributed by atoms with van der Waals surface area (Å²) in [6, 6.07) is 7.17. The van der Waals surface area contributed by atoms with Crippen LogP contribution in [-0.4, -0.2) is 44.3 Å². The number of nitrogens with zero attached hydrogens (tertiary/aromatic N) is 3. The Hall–Kier alpha value is -5.04. The van der Waals surface area contributed by atoms with Gasteiger partial charge < -0.3 is 24.3 Å². The molecule has 5 aromatic rings. The molecule has 0 unspecified atom stereocenters. The Morgan fingerprint density at radius 2 is 1.79 bits per heavy atom. The van der Waals surface area contributed by atoms with E-state index in [1.165, 1.54) is 34.9 Å². The second kappa shape index (κ2) is 11.9. The molecule has 6 rings (SSSR count). The smallest absolute Gasteiger partial charge is 0.417 e. The quantitative estimate of drug-likeness (QED) is 0.114. The highest BCUT2D eigenvalue weighted by Crippen LogP contribution is 2.48. The lowest BCUT2D eigenvalue weighted by Crippen LogP contribution is -2.35. The zero-order valence-electron chi connectivity index (χ0n) is 26.8. The van der Waals surface area contributed by atoms with E-state index in [4.69, 9.17) is 4.74 Å². The highest BCUT2D eigenvalue weighted by atomic mass is 19.4. The first kappa shape index (κ1) is 32.9. The molecule has 8 nitrogen and oxygen atoms in total. The van der Waals surface area contributed by atoms with E-state index >= 15 is 8.78 Å². The van der Waals surface area contributed by atoms with E-state index in [0.717, 1.165) is 24.3 Å². The molecule has 250 valence electrons. The van der Waals surface area contributed by atoms with Crippen molar-refractivity contribution in [1.29, 1.82) is 0 Å². The first-order chi connectivity index (χ1) is 22.5. The maximum Gasteiger partial charge on any atom is 0.417 e. The van der Waals surface area contributed by atoms with Crippen molar-refractivity contribution in [3.8, 4) is 16.9 Å². The molecule has 48 heavy (non-hydrogen) atoms. The fourth-order valence-corrected chi connectivity index (χ4v) is 5.88. The maximum atomic E-state index is 15.2. The van der Waals surface area contributed by atoms with Crippen molar-refractivity contribution >= 4 is 33.9 Å². The van der Waals surface area contributed by atoms with Crippen molar-refractivity contribution in [3.05, 3.63) is 94.6 Å².